The van der Waals surface area contributed by atoms with Crippen molar-refractivity contribution in [2.75, 3.05) is 0 Å². The van der Waals surface area contributed by atoms with Gasteiger partial charge in [-0.05, 0) is 12.1 Å². The van der Waals surface area contributed by atoms with Crippen LogP contribution in [0.25, 0.3) is 0 Å². The van der Waals surface area contributed by atoms with E-state index in [1.54, 1.807) is 39.0 Å². The number of hydrogen-bond donors (Lipinski definition) is 1. The van der Waals surface area contributed by atoms with Gasteiger partial charge in [-0.3, -0.25) is 0 Å². The predicted molar refractivity (Wildman–Crippen MR) is 61.9 cm³/mol. The highest BCUT2D eigenvalue weighted by atomic mass is 16.5. The van der Waals surface area contributed by atoms with Crippen LogP contribution in [0.15, 0.2) is 24.3 Å². The number of rotatable bonds is 2. The van der Waals surface area contributed by atoms with Crippen LogP contribution < -0.4 is 0 Å². The average molecular weight is 221 g/mol. The summed E-state index contributed by atoms with van der Waals surface area (Å²) in [7, 11) is 0. The molecule has 4 nitrogen and oxygen atoms in total. The molecule has 0 aliphatic heterocycles. The Morgan fingerprint density at radius 1 is 1.38 bits per heavy atom. The molecule has 1 N–H and O–H groups in total. The maximum absolute atomic E-state index is 11.7. The molecule has 0 saturated carbocycles. The fraction of sp³-hybridized carbons (Fsp3) is 0.333. The first-order chi connectivity index (χ1) is 7.32. The SMILES string of the molecule is CC(C)(C)[N+]([O-])=Cc1ccccc1C(=O)O. The topological polar surface area (TPSA) is 63.4 Å². The van der Waals surface area contributed by atoms with Crippen molar-refractivity contribution in [3.05, 3.63) is 40.6 Å². The maximum Gasteiger partial charge on any atom is 0.336 e. The molecule has 1 aromatic carbocycles. The van der Waals surface area contributed by atoms with Gasteiger partial charge in [0.25, 0.3) is 0 Å². The number of carboxylic acids is 1. The van der Waals surface area contributed by atoms with Crippen molar-refractivity contribution < 1.29 is 14.6 Å². The summed E-state index contributed by atoms with van der Waals surface area (Å²) in [6.07, 6.45) is 1.31. The minimum atomic E-state index is -1.03. The second kappa shape index (κ2) is 4.35. The zero-order chi connectivity index (χ0) is 12.3. The van der Waals surface area contributed by atoms with Crippen molar-refractivity contribution >= 4 is 12.2 Å². The van der Waals surface area contributed by atoms with E-state index in [2.05, 4.69) is 0 Å². The molecular formula is C12H15NO3. The molecule has 0 atom stereocenters. The number of aromatic carboxylic acids is 1. The molecular weight excluding hydrogens is 206 g/mol. The highest BCUT2D eigenvalue weighted by Gasteiger charge is 2.19. The van der Waals surface area contributed by atoms with Crippen molar-refractivity contribution in [1.29, 1.82) is 0 Å². The van der Waals surface area contributed by atoms with Crippen LogP contribution in [-0.4, -0.2) is 27.6 Å². The van der Waals surface area contributed by atoms with Crippen molar-refractivity contribution in [3.8, 4) is 0 Å². The van der Waals surface area contributed by atoms with Gasteiger partial charge in [-0.15, -0.1) is 0 Å². The third-order valence-electron chi connectivity index (χ3n) is 2.11. The van der Waals surface area contributed by atoms with E-state index in [0.717, 1.165) is 4.74 Å². The summed E-state index contributed by atoms with van der Waals surface area (Å²) in [5, 5.41) is 20.6. The summed E-state index contributed by atoms with van der Waals surface area (Å²) in [4.78, 5) is 10.9. The first-order valence-corrected chi connectivity index (χ1v) is 4.96. The zero-order valence-corrected chi connectivity index (χ0v) is 9.60. The van der Waals surface area contributed by atoms with E-state index in [9.17, 15) is 10.0 Å². The van der Waals surface area contributed by atoms with Crippen molar-refractivity contribution in [1.82, 2.24) is 0 Å². The first kappa shape index (κ1) is 12.2. The molecule has 0 amide bonds. The molecule has 0 aliphatic rings. The molecule has 0 radical (unpaired) electrons. The molecule has 0 heterocycles. The molecule has 1 rings (SSSR count). The quantitative estimate of drug-likeness (QED) is 0.360. The standard InChI is InChI=1S/C12H15NO3/c1-12(2,3)13(16)8-9-6-4-5-7-10(9)11(14)15/h4-8H,1-3H3,(H,14,15). The number of nitrogens with zero attached hydrogens (tertiary/aromatic N) is 1. The molecule has 0 unspecified atom stereocenters. The lowest BCUT2D eigenvalue weighted by atomic mass is 10.1. The number of carboxylic acid groups (broad SMARTS) is 1. The largest absolute Gasteiger partial charge is 0.623 e. The first-order valence-electron chi connectivity index (χ1n) is 4.96. The Kier molecular flexibility index (Phi) is 3.32. The van der Waals surface area contributed by atoms with Gasteiger partial charge in [0.05, 0.1) is 11.1 Å². The van der Waals surface area contributed by atoms with Gasteiger partial charge in [0.15, 0.2) is 11.8 Å². The summed E-state index contributed by atoms with van der Waals surface area (Å²) in [6, 6.07) is 6.42. The number of hydroxylamine groups is 1. The monoisotopic (exact) mass is 221 g/mol. The number of hydrogen-bond acceptors (Lipinski definition) is 2. The van der Waals surface area contributed by atoms with Crippen LogP contribution in [0.5, 0.6) is 0 Å². The normalized spacial score (nSPS) is 12.6. The summed E-state index contributed by atoms with van der Waals surface area (Å²) in [6.45, 7) is 5.29. The van der Waals surface area contributed by atoms with Crippen LogP contribution in [0, 0.1) is 5.21 Å². The molecule has 0 aliphatic carbocycles. The van der Waals surface area contributed by atoms with Crippen LogP contribution in [0.1, 0.15) is 36.7 Å². The van der Waals surface area contributed by atoms with Crippen molar-refractivity contribution in [2.24, 2.45) is 0 Å². The van der Waals surface area contributed by atoms with Crippen LogP contribution in [0.3, 0.4) is 0 Å². The van der Waals surface area contributed by atoms with Crippen LogP contribution in [0.4, 0.5) is 0 Å². The highest BCUT2D eigenvalue weighted by Crippen LogP contribution is 2.09. The Hall–Kier alpha value is -1.84. The average Bonchev–Trinajstić information content (AvgIpc) is 2.16. The van der Waals surface area contributed by atoms with E-state index in [1.807, 2.05) is 0 Å². The smallest absolute Gasteiger partial charge is 0.336 e. The van der Waals surface area contributed by atoms with Crippen molar-refractivity contribution in [2.45, 2.75) is 26.3 Å². The zero-order valence-electron chi connectivity index (χ0n) is 9.60. The Balaban J connectivity index is 3.20. The van der Waals surface area contributed by atoms with Gasteiger partial charge in [-0.2, -0.15) is 0 Å². The third-order valence-corrected chi connectivity index (χ3v) is 2.11. The lowest BCUT2D eigenvalue weighted by molar-refractivity contribution is -0.530. The van der Waals surface area contributed by atoms with E-state index in [4.69, 9.17) is 5.11 Å². The molecule has 4 heteroatoms. The molecule has 0 saturated heterocycles. The highest BCUT2D eigenvalue weighted by molar-refractivity contribution is 5.97. The number of benzene rings is 1. The minimum absolute atomic E-state index is 0.132. The molecule has 0 aromatic heterocycles. The number of carbonyl (C=O) groups is 1. The van der Waals surface area contributed by atoms with Gasteiger partial charge in [-0.1, -0.05) is 12.1 Å². The molecule has 0 bridgehead atoms. The van der Waals surface area contributed by atoms with Crippen LogP contribution >= 0.6 is 0 Å². The van der Waals surface area contributed by atoms with Gasteiger partial charge >= 0.3 is 5.97 Å². The molecule has 0 spiro atoms. The van der Waals surface area contributed by atoms with Crippen molar-refractivity contribution in [3.63, 3.8) is 0 Å². The van der Waals surface area contributed by atoms with Gasteiger partial charge in [0.2, 0.25) is 0 Å². The Bertz CT molecular complexity index is 430. The van der Waals surface area contributed by atoms with Crippen LogP contribution in [0.2, 0.25) is 0 Å². The fourth-order valence-corrected chi connectivity index (χ4v) is 1.12. The maximum atomic E-state index is 11.7. The molecule has 1 aromatic rings. The summed E-state index contributed by atoms with van der Waals surface area (Å²) < 4.78 is 0.759. The fourth-order valence-electron chi connectivity index (χ4n) is 1.12. The van der Waals surface area contributed by atoms with Gasteiger partial charge < -0.3 is 10.3 Å². The molecule has 86 valence electrons. The summed E-state index contributed by atoms with van der Waals surface area (Å²) >= 11 is 0. The predicted octanol–water partition coefficient (Wildman–Crippen LogP) is 2.11. The summed E-state index contributed by atoms with van der Waals surface area (Å²) in [5.74, 6) is -1.03. The lowest BCUT2D eigenvalue weighted by Gasteiger charge is -2.18. The van der Waals surface area contributed by atoms with Gasteiger partial charge in [-0.25, -0.2) is 9.53 Å². The van der Waals surface area contributed by atoms with Gasteiger partial charge in [0, 0.05) is 20.8 Å². The van der Waals surface area contributed by atoms with Gasteiger partial charge in [0.1, 0.15) is 0 Å². The minimum Gasteiger partial charge on any atom is -0.623 e. The van der Waals surface area contributed by atoms with E-state index in [-0.39, 0.29) is 5.56 Å². The third kappa shape index (κ3) is 2.82. The second-order valence-electron chi connectivity index (χ2n) is 4.52. The Morgan fingerprint density at radius 2 is 1.94 bits per heavy atom. The Labute approximate surface area is 94.4 Å². The van der Waals surface area contributed by atoms with E-state index in [1.165, 1.54) is 12.3 Å². The molecule has 0 fully saturated rings. The molecule has 16 heavy (non-hydrogen) atoms. The Morgan fingerprint density at radius 3 is 2.44 bits per heavy atom. The van der Waals surface area contributed by atoms with E-state index in [0.29, 0.717) is 5.56 Å². The van der Waals surface area contributed by atoms with E-state index < -0.39 is 11.5 Å². The van der Waals surface area contributed by atoms with Crippen LogP contribution in [-0.2, 0) is 0 Å². The lowest BCUT2D eigenvalue weighted by Crippen LogP contribution is -2.29. The summed E-state index contributed by atoms with van der Waals surface area (Å²) in [5.41, 5.74) is -0.0291. The second-order valence-corrected chi connectivity index (χ2v) is 4.52. The van der Waals surface area contributed by atoms with E-state index >= 15 is 0 Å².